The van der Waals surface area contributed by atoms with E-state index in [-0.39, 0.29) is 5.91 Å². The topological polar surface area (TPSA) is 54.0 Å². The normalized spacial score (nSPS) is 14.7. The van der Waals surface area contributed by atoms with E-state index in [1.807, 2.05) is 24.3 Å². The fraction of sp³-hybridized carbons (Fsp3) is 0.333. The minimum Gasteiger partial charge on any atom is -0.367 e. The average molecular weight is 330 g/mol. The maximum absolute atomic E-state index is 12.0. The van der Waals surface area contributed by atoms with Crippen molar-refractivity contribution in [2.24, 2.45) is 0 Å². The first-order valence-corrected chi connectivity index (χ1v) is 8.34. The van der Waals surface area contributed by atoms with Crippen molar-refractivity contribution < 1.29 is 4.79 Å². The Morgan fingerprint density at radius 3 is 2.52 bits per heavy atom. The summed E-state index contributed by atoms with van der Waals surface area (Å²) in [5.74, 6) is 0.804. The number of hydrogen-bond donors (Lipinski definition) is 2. The second-order valence-electron chi connectivity index (χ2n) is 5.91. The van der Waals surface area contributed by atoms with Gasteiger partial charge in [0.1, 0.15) is 5.82 Å². The number of carbonyl (C=O) groups is 1. The fourth-order valence-corrected chi connectivity index (χ4v) is 2.95. The maximum Gasteiger partial charge on any atom is 0.228 e. The Morgan fingerprint density at radius 1 is 1.13 bits per heavy atom. The Kier molecular flexibility index (Phi) is 5.13. The van der Waals surface area contributed by atoms with Gasteiger partial charge in [0.25, 0.3) is 0 Å². The van der Waals surface area contributed by atoms with Crippen LogP contribution in [0, 0.1) is 0 Å². The highest BCUT2D eigenvalue weighted by Crippen LogP contribution is 2.21. The molecule has 0 bridgehead atoms. The number of carbonyl (C=O) groups excluding carboxylic acids is 1. The molecule has 1 fully saturated rings. The average Bonchev–Trinajstić information content (AvgIpc) is 3.04. The molecule has 0 aliphatic heterocycles. The summed E-state index contributed by atoms with van der Waals surface area (Å²) >= 11 is 5.84. The molecule has 5 heteroatoms. The first kappa shape index (κ1) is 15.8. The highest BCUT2D eigenvalue weighted by atomic mass is 35.5. The second-order valence-corrected chi connectivity index (χ2v) is 6.35. The molecule has 0 spiro atoms. The fourth-order valence-electron chi connectivity index (χ4n) is 2.83. The molecule has 23 heavy (non-hydrogen) atoms. The number of anilines is 2. The zero-order chi connectivity index (χ0) is 16.1. The van der Waals surface area contributed by atoms with Crippen LogP contribution in [0.5, 0.6) is 0 Å². The van der Waals surface area contributed by atoms with Crippen molar-refractivity contribution in [1.29, 1.82) is 0 Å². The first-order chi connectivity index (χ1) is 11.2. The van der Waals surface area contributed by atoms with Crippen LogP contribution in [0.4, 0.5) is 11.5 Å². The number of benzene rings is 1. The third-order valence-corrected chi connectivity index (χ3v) is 4.28. The van der Waals surface area contributed by atoms with Gasteiger partial charge in [-0.15, -0.1) is 0 Å². The van der Waals surface area contributed by atoms with Crippen molar-refractivity contribution in [1.82, 2.24) is 4.98 Å². The molecule has 1 aliphatic rings. The van der Waals surface area contributed by atoms with Crippen molar-refractivity contribution >= 4 is 29.0 Å². The van der Waals surface area contributed by atoms with Gasteiger partial charge in [0.15, 0.2) is 0 Å². The van der Waals surface area contributed by atoms with Crippen LogP contribution in [0.1, 0.15) is 31.2 Å². The van der Waals surface area contributed by atoms with E-state index in [1.165, 1.54) is 25.7 Å². The SMILES string of the molecule is O=C(Cc1ccc(Cl)cc1)Nc1ccc(NC2CCCC2)nc1. The molecule has 1 amide bonds. The van der Waals surface area contributed by atoms with E-state index in [9.17, 15) is 4.79 Å². The summed E-state index contributed by atoms with van der Waals surface area (Å²) in [6.45, 7) is 0. The van der Waals surface area contributed by atoms with Gasteiger partial charge in [-0.25, -0.2) is 4.98 Å². The zero-order valence-electron chi connectivity index (χ0n) is 12.9. The van der Waals surface area contributed by atoms with Crippen LogP contribution < -0.4 is 10.6 Å². The monoisotopic (exact) mass is 329 g/mol. The summed E-state index contributed by atoms with van der Waals surface area (Å²) in [6.07, 6.45) is 7.01. The van der Waals surface area contributed by atoms with Gasteiger partial charge in [-0.2, -0.15) is 0 Å². The summed E-state index contributed by atoms with van der Waals surface area (Å²) in [7, 11) is 0. The number of pyridine rings is 1. The van der Waals surface area contributed by atoms with Gasteiger partial charge in [0.05, 0.1) is 18.3 Å². The molecular formula is C18H20ClN3O. The Hall–Kier alpha value is -2.07. The molecule has 120 valence electrons. The zero-order valence-corrected chi connectivity index (χ0v) is 13.6. The Bertz CT molecular complexity index is 649. The molecule has 1 aromatic heterocycles. The number of nitrogens with one attached hydrogen (secondary N) is 2. The molecule has 1 saturated carbocycles. The lowest BCUT2D eigenvalue weighted by atomic mass is 10.1. The van der Waals surface area contributed by atoms with Crippen LogP contribution in [0.3, 0.4) is 0 Å². The lowest BCUT2D eigenvalue weighted by Gasteiger charge is -2.13. The molecule has 0 unspecified atom stereocenters. The van der Waals surface area contributed by atoms with E-state index >= 15 is 0 Å². The molecule has 0 saturated heterocycles. The van der Waals surface area contributed by atoms with Crippen molar-refractivity contribution in [3.63, 3.8) is 0 Å². The molecule has 2 N–H and O–H groups in total. The molecule has 2 aromatic rings. The van der Waals surface area contributed by atoms with Crippen LogP contribution in [0.2, 0.25) is 5.02 Å². The van der Waals surface area contributed by atoms with Gasteiger partial charge in [-0.1, -0.05) is 36.6 Å². The largest absolute Gasteiger partial charge is 0.367 e. The van der Waals surface area contributed by atoms with E-state index in [1.54, 1.807) is 18.3 Å². The minimum absolute atomic E-state index is 0.0642. The van der Waals surface area contributed by atoms with Gasteiger partial charge < -0.3 is 10.6 Å². The second kappa shape index (κ2) is 7.47. The van der Waals surface area contributed by atoms with Crippen LogP contribution in [-0.2, 0) is 11.2 Å². The molecule has 3 rings (SSSR count). The Labute approximate surface area is 141 Å². The summed E-state index contributed by atoms with van der Waals surface area (Å²) in [5, 5.41) is 6.96. The third kappa shape index (κ3) is 4.70. The van der Waals surface area contributed by atoms with Gasteiger partial charge in [0.2, 0.25) is 5.91 Å². The Morgan fingerprint density at radius 2 is 1.87 bits per heavy atom. The number of nitrogens with zero attached hydrogens (tertiary/aromatic N) is 1. The number of hydrogen-bond acceptors (Lipinski definition) is 3. The van der Waals surface area contributed by atoms with Crippen LogP contribution in [-0.4, -0.2) is 16.9 Å². The summed E-state index contributed by atoms with van der Waals surface area (Å²) in [6, 6.07) is 11.6. The lowest BCUT2D eigenvalue weighted by molar-refractivity contribution is -0.115. The first-order valence-electron chi connectivity index (χ1n) is 7.96. The quantitative estimate of drug-likeness (QED) is 0.861. The number of rotatable bonds is 5. The van der Waals surface area contributed by atoms with E-state index in [0.29, 0.717) is 23.2 Å². The maximum atomic E-state index is 12.0. The van der Waals surface area contributed by atoms with Crippen LogP contribution in [0.25, 0.3) is 0 Å². The van der Waals surface area contributed by atoms with Crippen LogP contribution >= 0.6 is 11.6 Å². The predicted octanol–water partition coefficient (Wildman–Crippen LogP) is 4.27. The molecule has 1 heterocycles. The van der Waals surface area contributed by atoms with E-state index in [2.05, 4.69) is 15.6 Å². The van der Waals surface area contributed by atoms with Gasteiger partial charge in [-0.05, 0) is 42.7 Å². The standard InChI is InChI=1S/C18H20ClN3O/c19-14-7-5-13(6-8-14)11-18(23)22-16-9-10-17(20-12-16)21-15-3-1-2-4-15/h5-10,12,15H,1-4,11H2,(H,20,21)(H,22,23). The molecule has 1 aliphatic carbocycles. The van der Waals surface area contributed by atoms with Crippen molar-refractivity contribution in [3.8, 4) is 0 Å². The van der Waals surface area contributed by atoms with E-state index in [0.717, 1.165) is 11.4 Å². The summed E-state index contributed by atoms with van der Waals surface area (Å²) in [5.41, 5.74) is 1.64. The number of halogens is 1. The highest BCUT2D eigenvalue weighted by Gasteiger charge is 2.14. The molecule has 1 aromatic carbocycles. The van der Waals surface area contributed by atoms with Gasteiger partial charge >= 0.3 is 0 Å². The van der Waals surface area contributed by atoms with Crippen molar-refractivity contribution in [2.45, 2.75) is 38.1 Å². The summed E-state index contributed by atoms with van der Waals surface area (Å²) < 4.78 is 0. The van der Waals surface area contributed by atoms with Gasteiger partial charge in [-0.3, -0.25) is 4.79 Å². The minimum atomic E-state index is -0.0642. The smallest absolute Gasteiger partial charge is 0.228 e. The molecule has 0 atom stereocenters. The van der Waals surface area contributed by atoms with Crippen LogP contribution in [0.15, 0.2) is 42.6 Å². The highest BCUT2D eigenvalue weighted by molar-refractivity contribution is 6.30. The van der Waals surface area contributed by atoms with Gasteiger partial charge in [0, 0.05) is 11.1 Å². The van der Waals surface area contributed by atoms with E-state index in [4.69, 9.17) is 11.6 Å². The number of amides is 1. The molecular weight excluding hydrogens is 310 g/mol. The Balaban J connectivity index is 1.52. The molecule has 4 nitrogen and oxygen atoms in total. The third-order valence-electron chi connectivity index (χ3n) is 4.03. The summed E-state index contributed by atoms with van der Waals surface area (Å²) in [4.78, 5) is 16.4. The molecule has 0 radical (unpaired) electrons. The predicted molar refractivity (Wildman–Crippen MR) is 93.9 cm³/mol. The van der Waals surface area contributed by atoms with E-state index < -0.39 is 0 Å². The lowest BCUT2D eigenvalue weighted by Crippen LogP contribution is -2.16. The number of aromatic nitrogens is 1. The van der Waals surface area contributed by atoms with Crippen molar-refractivity contribution in [2.75, 3.05) is 10.6 Å². The van der Waals surface area contributed by atoms with Crippen molar-refractivity contribution in [3.05, 3.63) is 53.2 Å².